The lowest BCUT2D eigenvalue weighted by Gasteiger charge is -1.97. The molecule has 3 rings (SSSR count). The number of rotatable bonds is 0. The van der Waals surface area contributed by atoms with Crippen LogP contribution in [0, 0.1) is 0 Å². The summed E-state index contributed by atoms with van der Waals surface area (Å²) in [5, 5.41) is 29.0. The van der Waals surface area contributed by atoms with E-state index in [1.807, 2.05) is 0 Å². The SMILES string of the molecule is O=c1nc2c(O)cc(O)cc2nc2c(O)cccc12. The highest BCUT2D eigenvalue weighted by molar-refractivity contribution is 5.90. The van der Waals surface area contributed by atoms with E-state index in [0.29, 0.717) is 0 Å². The highest BCUT2D eigenvalue weighted by atomic mass is 16.3. The normalized spacial score (nSPS) is 10.9. The minimum Gasteiger partial charge on any atom is -0.508 e. The summed E-state index contributed by atoms with van der Waals surface area (Å²) in [6.07, 6.45) is 0. The summed E-state index contributed by atoms with van der Waals surface area (Å²) in [7, 11) is 0. The Morgan fingerprint density at radius 1 is 0.895 bits per heavy atom. The van der Waals surface area contributed by atoms with Crippen LogP contribution in [0.3, 0.4) is 0 Å². The standard InChI is InChI=1S/C13H8N2O4/c16-6-4-8-12(10(18)5-6)15-13(19)7-2-1-3-9(17)11(7)14-8/h1-5,16-18H. The van der Waals surface area contributed by atoms with Crippen molar-refractivity contribution in [3.63, 3.8) is 0 Å². The van der Waals surface area contributed by atoms with Crippen molar-refractivity contribution in [3.05, 3.63) is 40.7 Å². The Kier molecular flexibility index (Phi) is 2.25. The Bertz CT molecular complexity index is 877. The minimum absolute atomic E-state index is 0.0293. The van der Waals surface area contributed by atoms with Crippen LogP contribution in [-0.4, -0.2) is 25.3 Å². The summed E-state index contributed by atoms with van der Waals surface area (Å²) in [6, 6.07) is 6.70. The van der Waals surface area contributed by atoms with Crippen molar-refractivity contribution in [2.24, 2.45) is 0 Å². The number of aromatic nitrogens is 2. The van der Waals surface area contributed by atoms with Crippen molar-refractivity contribution >= 4 is 21.9 Å². The maximum atomic E-state index is 11.9. The number of benzene rings is 2. The molecule has 19 heavy (non-hydrogen) atoms. The molecule has 6 nitrogen and oxygen atoms in total. The lowest BCUT2D eigenvalue weighted by atomic mass is 10.2. The summed E-state index contributed by atoms with van der Waals surface area (Å²) < 4.78 is 0. The molecule has 1 heterocycles. The van der Waals surface area contributed by atoms with Gasteiger partial charge in [-0.3, -0.25) is 4.79 Å². The minimum atomic E-state index is -0.616. The van der Waals surface area contributed by atoms with E-state index in [2.05, 4.69) is 9.97 Å². The topological polar surface area (TPSA) is 104 Å². The Balaban J connectivity index is 2.67. The maximum absolute atomic E-state index is 11.9. The Morgan fingerprint density at radius 2 is 1.68 bits per heavy atom. The molecule has 6 heteroatoms. The number of phenols is 3. The molecule has 0 saturated carbocycles. The van der Waals surface area contributed by atoms with Crippen LogP contribution in [-0.2, 0) is 0 Å². The molecule has 0 radical (unpaired) electrons. The van der Waals surface area contributed by atoms with Gasteiger partial charge in [0.1, 0.15) is 28.3 Å². The summed E-state index contributed by atoms with van der Waals surface area (Å²) in [5.41, 5.74) is -0.459. The van der Waals surface area contributed by atoms with Crippen LogP contribution in [0.1, 0.15) is 0 Å². The van der Waals surface area contributed by atoms with E-state index in [9.17, 15) is 20.1 Å². The predicted molar refractivity (Wildman–Crippen MR) is 68.3 cm³/mol. The lowest BCUT2D eigenvalue weighted by Crippen LogP contribution is -2.01. The van der Waals surface area contributed by atoms with Gasteiger partial charge in [-0.15, -0.1) is 0 Å². The predicted octanol–water partition coefficient (Wildman–Crippen LogP) is 1.26. The van der Waals surface area contributed by atoms with Crippen LogP contribution in [0.25, 0.3) is 21.9 Å². The quantitative estimate of drug-likeness (QED) is 0.559. The maximum Gasteiger partial charge on any atom is 0.280 e. The van der Waals surface area contributed by atoms with Gasteiger partial charge in [0.15, 0.2) is 0 Å². The van der Waals surface area contributed by atoms with E-state index < -0.39 is 5.56 Å². The van der Waals surface area contributed by atoms with Gasteiger partial charge in [0.25, 0.3) is 5.56 Å². The summed E-state index contributed by atoms with van der Waals surface area (Å²) in [4.78, 5) is 19.8. The van der Waals surface area contributed by atoms with Crippen molar-refractivity contribution in [1.82, 2.24) is 9.97 Å². The van der Waals surface area contributed by atoms with Crippen molar-refractivity contribution < 1.29 is 15.3 Å². The van der Waals surface area contributed by atoms with E-state index >= 15 is 0 Å². The molecule has 0 spiro atoms. The number of hydrogen-bond donors (Lipinski definition) is 3. The fourth-order valence-electron chi connectivity index (χ4n) is 1.89. The summed E-state index contributed by atoms with van der Waals surface area (Å²) in [6.45, 7) is 0. The van der Waals surface area contributed by atoms with Gasteiger partial charge < -0.3 is 15.3 Å². The van der Waals surface area contributed by atoms with Crippen molar-refractivity contribution in [2.75, 3.05) is 0 Å². The third-order valence-electron chi connectivity index (χ3n) is 2.75. The largest absolute Gasteiger partial charge is 0.508 e. The van der Waals surface area contributed by atoms with Gasteiger partial charge >= 0.3 is 0 Å². The van der Waals surface area contributed by atoms with E-state index in [-0.39, 0.29) is 39.2 Å². The van der Waals surface area contributed by atoms with Gasteiger partial charge in [-0.2, -0.15) is 0 Å². The molecule has 0 aliphatic heterocycles. The van der Waals surface area contributed by atoms with Crippen LogP contribution < -0.4 is 5.56 Å². The molecule has 0 bridgehead atoms. The van der Waals surface area contributed by atoms with Crippen LogP contribution in [0.15, 0.2) is 35.1 Å². The van der Waals surface area contributed by atoms with E-state index in [1.54, 1.807) is 0 Å². The highest BCUT2D eigenvalue weighted by Crippen LogP contribution is 2.28. The van der Waals surface area contributed by atoms with Crippen LogP contribution in [0.2, 0.25) is 0 Å². The summed E-state index contributed by atoms with van der Waals surface area (Å²) in [5.74, 6) is -0.724. The van der Waals surface area contributed by atoms with Gasteiger partial charge in [0.2, 0.25) is 0 Å². The summed E-state index contributed by atoms with van der Waals surface area (Å²) >= 11 is 0. The molecule has 0 atom stereocenters. The molecule has 0 saturated heterocycles. The van der Waals surface area contributed by atoms with Gasteiger partial charge in [-0.05, 0) is 12.1 Å². The molecule has 3 aromatic rings. The molecule has 1 aromatic heterocycles. The highest BCUT2D eigenvalue weighted by Gasteiger charge is 2.10. The van der Waals surface area contributed by atoms with E-state index in [1.165, 1.54) is 24.3 Å². The molecular formula is C13H8N2O4. The second-order valence-corrected chi connectivity index (χ2v) is 4.03. The average Bonchev–Trinajstić information content (AvgIpc) is 2.48. The number of para-hydroxylation sites is 1. The van der Waals surface area contributed by atoms with E-state index in [4.69, 9.17) is 0 Å². The first-order valence-corrected chi connectivity index (χ1v) is 5.42. The molecule has 0 aliphatic rings. The molecule has 0 amide bonds. The van der Waals surface area contributed by atoms with Crippen LogP contribution in [0.4, 0.5) is 0 Å². The Hall–Kier alpha value is -2.89. The van der Waals surface area contributed by atoms with Gasteiger partial charge in [-0.1, -0.05) is 6.07 Å². The van der Waals surface area contributed by atoms with Crippen molar-refractivity contribution in [3.8, 4) is 17.2 Å². The molecule has 0 unspecified atom stereocenters. The average molecular weight is 256 g/mol. The van der Waals surface area contributed by atoms with E-state index in [0.717, 1.165) is 6.07 Å². The van der Waals surface area contributed by atoms with Gasteiger partial charge in [0, 0.05) is 12.1 Å². The number of hydrogen-bond acceptors (Lipinski definition) is 6. The number of aromatic hydroxyl groups is 3. The van der Waals surface area contributed by atoms with Gasteiger partial charge in [0.05, 0.1) is 10.9 Å². The third kappa shape index (κ3) is 1.70. The fraction of sp³-hybridized carbons (Fsp3) is 0. The second kappa shape index (κ2) is 3.81. The van der Waals surface area contributed by atoms with Gasteiger partial charge in [-0.25, -0.2) is 9.97 Å². The zero-order chi connectivity index (χ0) is 13.6. The van der Waals surface area contributed by atoms with Crippen LogP contribution >= 0.6 is 0 Å². The lowest BCUT2D eigenvalue weighted by molar-refractivity contribution is 0.454. The number of phenolic OH excluding ortho intramolecular Hbond substituents is 3. The molecule has 0 aliphatic carbocycles. The molecule has 94 valence electrons. The first-order chi connectivity index (χ1) is 9.06. The molecule has 3 N–H and O–H groups in total. The van der Waals surface area contributed by atoms with Crippen molar-refractivity contribution in [2.45, 2.75) is 0 Å². The van der Waals surface area contributed by atoms with Crippen molar-refractivity contribution in [1.29, 1.82) is 0 Å². The first kappa shape index (κ1) is 11.2. The fourth-order valence-corrected chi connectivity index (χ4v) is 1.89. The van der Waals surface area contributed by atoms with Crippen LogP contribution in [0.5, 0.6) is 17.2 Å². The monoisotopic (exact) mass is 256 g/mol. The first-order valence-electron chi connectivity index (χ1n) is 5.42. The smallest absolute Gasteiger partial charge is 0.280 e. The third-order valence-corrected chi connectivity index (χ3v) is 2.75. The number of nitrogens with zero attached hydrogens (tertiary/aromatic N) is 2. The molecular weight excluding hydrogens is 248 g/mol. The number of fused-ring (bicyclic) bond motifs is 2. The molecule has 0 fully saturated rings. The second-order valence-electron chi connectivity index (χ2n) is 4.03. The molecule has 2 aromatic carbocycles. The zero-order valence-corrected chi connectivity index (χ0v) is 9.53. The zero-order valence-electron chi connectivity index (χ0n) is 9.53. The Labute approximate surface area is 106 Å². The Morgan fingerprint density at radius 3 is 2.47 bits per heavy atom.